The maximum atomic E-state index is 12.4. The summed E-state index contributed by atoms with van der Waals surface area (Å²) >= 11 is 0. The molecule has 1 aromatic heterocycles. The Bertz CT molecular complexity index is 535. The van der Waals surface area contributed by atoms with Crippen LogP contribution in [-0.4, -0.2) is 61.8 Å². The van der Waals surface area contributed by atoms with Crippen LogP contribution in [0.1, 0.15) is 16.8 Å². The highest BCUT2D eigenvalue weighted by Crippen LogP contribution is 2.41. The van der Waals surface area contributed by atoms with Crippen LogP contribution in [0.2, 0.25) is 0 Å². The van der Waals surface area contributed by atoms with Crippen LogP contribution in [0.4, 0.5) is 0 Å². The van der Waals surface area contributed by atoms with Crippen LogP contribution < -0.4 is 10.1 Å². The molecular formula is C15H21N3O3. The summed E-state index contributed by atoms with van der Waals surface area (Å²) in [6, 6.07) is 3.73. The summed E-state index contributed by atoms with van der Waals surface area (Å²) in [7, 11) is 5.59. The standard InChI is InChI=1S/C15H21N3O3/c1-18(2)13-12(10-5-7-21-14(10)13)17-15(19)9-4-6-16-11(8-9)20-3/h4,6,8,10,12-14H,5,7H2,1-3H3,(H,17,19)/t10-,12+,13-,14-/m0/s1. The molecule has 1 amide bonds. The number of carbonyl (C=O) groups excluding carboxylic acids is 1. The molecule has 2 heterocycles. The lowest BCUT2D eigenvalue weighted by Gasteiger charge is -2.50. The van der Waals surface area contributed by atoms with Crippen molar-refractivity contribution in [3.63, 3.8) is 0 Å². The second-order valence-electron chi connectivity index (χ2n) is 5.83. The first-order valence-corrected chi connectivity index (χ1v) is 7.20. The van der Waals surface area contributed by atoms with Crippen molar-refractivity contribution in [2.75, 3.05) is 27.8 Å². The van der Waals surface area contributed by atoms with Gasteiger partial charge in [-0.05, 0) is 26.6 Å². The molecule has 1 aliphatic heterocycles. The normalized spacial score (nSPS) is 30.7. The van der Waals surface area contributed by atoms with Gasteiger partial charge in [0.1, 0.15) is 0 Å². The molecule has 6 nitrogen and oxygen atoms in total. The van der Waals surface area contributed by atoms with Crippen molar-refractivity contribution in [3.8, 4) is 5.88 Å². The molecule has 1 saturated heterocycles. The minimum atomic E-state index is -0.0853. The van der Waals surface area contributed by atoms with Gasteiger partial charge in [0, 0.05) is 30.4 Å². The highest BCUT2D eigenvalue weighted by molar-refractivity contribution is 5.94. The van der Waals surface area contributed by atoms with Crippen LogP contribution >= 0.6 is 0 Å². The Kier molecular flexibility index (Phi) is 3.82. The first-order chi connectivity index (χ1) is 10.1. The Morgan fingerprint density at radius 3 is 3.05 bits per heavy atom. The molecular weight excluding hydrogens is 270 g/mol. The van der Waals surface area contributed by atoms with Crippen molar-refractivity contribution < 1.29 is 14.3 Å². The summed E-state index contributed by atoms with van der Waals surface area (Å²) < 4.78 is 10.8. The number of carbonyl (C=O) groups is 1. The number of ether oxygens (including phenoxy) is 2. The van der Waals surface area contributed by atoms with Crippen molar-refractivity contribution >= 4 is 5.91 Å². The van der Waals surface area contributed by atoms with Crippen molar-refractivity contribution in [1.29, 1.82) is 0 Å². The minimum absolute atomic E-state index is 0.0853. The fourth-order valence-corrected chi connectivity index (χ4v) is 3.38. The van der Waals surface area contributed by atoms with Gasteiger partial charge in [-0.1, -0.05) is 0 Å². The lowest BCUT2D eigenvalue weighted by atomic mass is 9.71. The number of methoxy groups -OCH3 is 1. The van der Waals surface area contributed by atoms with Crippen LogP contribution in [-0.2, 0) is 4.74 Å². The summed E-state index contributed by atoms with van der Waals surface area (Å²) in [6.07, 6.45) is 2.84. The molecule has 1 saturated carbocycles. The summed E-state index contributed by atoms with van der Waals surface area (Å²) in [6.45, 7) is 0.787. The van der Waals surface area contributed by atoms with Crippen molar-refractivity contribution in [2.24, 2.45) is 5.92 Å². The van der Waals surface area contributed by atoms with Gasteiger partial charge in [-0.3, -0.25) is 4.79 Å². The van der Waals surface area contributed by atoms with Crippen molar-refractivity contribution in [3.05, 3.63) is 23.9 Å². The lowest BCUT2D eigenvalue weighted by molar-refractivity contribution is -0.0664. The second-order valence-corrected chi connectivity index (χ2v) is 5.83. The van der Waals surface area contributed by atoms with E-state index in [0.29, 0.717) is 17.4 Å². The van der Waals surface area contributed by atoms with Gasteiger partial charge in [-0.2, -0.15) is 0 Å². The summed E-state index contributed by atoms with van der Waals surface area (Å²) in [4.78, 5) is 18.6. The molecule has 0 aromatic carbocycles. The fraction of sp³-hybridized carbons (Fsp3) is 0.600. The Morgan fingerprint density at radius 1 is 1.52 bits per heavy atom. The second kappa shape index (κ2) is 5.61. The van der Waals surface area contributed by atoms with E-state index in [9.17, 15) is 4.79 Å². The van der Waals surface area contributed by atoms with Crippen molar-refractivity contribution in [2.45, 2.75) is 24.6 Å². The Labute approximate surface area is 124 Å². The SMILES string of the molecule is COc1cc(C(=O)N[C@@H]2[C@@H]3CCO[C@@H]3[C@H]2N(C)C)ccn1. The first-order valence-electron chi connectivity index (χ1n) is 7.20. The summed E-state index contributed by atoms with van der Waals surface area (Å²) in [5.41, 5.74) is 0.571. The summed E-state index contributed by atoms with van der Waals surface area (Å²) in [5, 5.41) is 3.14. The molecule has 0 radical (unpaired) electrons. The Balaban J connectivity index is 1.71. The number of aromatic nitrogens is 1. The molecule has 1 N–H and O–H groups in total. The largest absolute Gasteiger partial charge is 0.481 e. The highest BCUT2D eigenvalue weighted by Gasteiger charge is 2.55. The number of pyridine rings is 1. The summed E-state index contributed by atoms with van der Waals surface area (Å²) in [5.74, 6) is 0.783. The van der Waals surface area contributed by atoms with Gasteiger partial charge in [0.15, 0.2) is 0 Å². The molecule has 4 atom stereocenters. The number of rotatable bonds is 4. The maximum Gasteiger partial charge on any atom is 0.251 e. The van der Waals surface area contributed by atoms with E-state index in [-0.39, 0.29) is 24.1 Å². The van der Waals surface area contributed by atoms with Crippen molar-refractivity contribution in [1.82, 2.24) is 15.2 Å². The first kappa shape index (κ1) is 14.3. The van der Waals surface area contributed by atoms with E-state index in [2.05, 4.69) is 15.2 Å². The predicted molar refractivity (Wildman–Crippen MR) is 77.4 cm³/mol. The number of hydrogen-bond acceptors (Lipinski definition) is 5. The smallest absolute Gasteiger partial charge is 0.251 e. The zero-order valence-electron chi connectivity index (χ0n) is 12.6. The number of likely N-dealkylation sites (N-methyl/N-ethyl adjacent to an activating group) is 1. The van der Waals surface area contributed by atoms with E-state index in [4.69, 9.17) is 9.47 Å². The molecule has 2 aliphatic rings. The topological polar surface area (TPSA) is 63.7 Å². The monoisotopic (exact) mass is 291 g/mol. The third kappa shape index (κ3) is 2.49. The Hall–Kier alpha value is -1.66. The maximum absolute atomic E-state index is 12.4. The third-order valence-electron chi connectivity index (χ3n) is 4.45. The number of hydrogen-bond donors (Lipinski definition) is 1. The number of fused-ring (bicyclic) bond motifs is 1. The average molecular weight is 291 g/mol. The fourth-order valence-electron chi connectivity index (χ4n) is 3.38. The van der Waals surface area contributed by atoms with E-state index in [1.807, 2.05) is 14.1 Å². The van der Waals surface area contributed by atoms with Crippen LogP contribution in [0.3, 0.4) is 0 Å². The van der Waals surface area contributed by atoms with Gasteiger partial charge >= 0.3 is 0 Å². The number of amides is 1. The molecule has 1 aromatic rings. The quantitative estimate of drug-likeness (QED) is 0.877. The van der Waals surface area contributed by atoms with Gasteiger partial charge in [-0.25, -0.2) is 4.98 Å². The van der Waals surface area contributed by atoms with E-state index in [1.54, 1.807) is 25.4 Å². The molecule has 0 spiro atoms. The van der Waals surface area contributed by atoms with E-state index < -0.39 is 0 Å². The van der Waals surface area contributed by atoms with Gasteiger partial charge in [0.25, 0.3) is 5.91 Å². The van der Waals surface area contributed by atoms with Crippen LogP contribution in [0, 0.1) is 5.92 Å². The lowest BCUT2D eigenvalue weighted by Crippen LogP contribution is -2.69. The highest BCUT2D eigenvalue weighted by atomic mass is 16.5. The molecule has 0 bridgehead atoms. The molecule has 1 aliphatic carbocycles. The van der Waals surface area contributed by atoms with Gasteiger partial charge < -0.3 is 19.7 Å². The molecule has 0 unspecified atom stereocenters. The molecule has 114 valence electrons. The number of nitrogens with zero attached hydrogens (tertiary/aromatic N) is 2. The molecule has 21 heavy (non-hydrogen) atoms. The zero-order chi connectivity index (χ0) is 15.0. The Morgan fingerprint density at radius 2 is 2.33 bits per heavy atom. The zero-order valence-corrected chi connectivity index (χ0v) is 12.6. The van der Waals surface area contributed by atoms with Crippen LogP contribution in [0.5, 0.6) is 5.88 Å². The van der Waals surface area contributed by atoms with E-state index in [1.165, 1.54) is 0 Å². The third-order valence-corrected chi connectivity index (χ3v) is 4.45. The van der Waals surface area contributed by atoms with Gasteiger partial charge in [0.2, 0.25) is 5.88 Å². The number of nitrogens with one attached hydrogen (secondary N) is 1. The van der Waals surface area contributed by atoms with Gasteiger partial charge in [0.05, 0.1) is 25.3 Å². The average Bonchev–Trinajstić information content (AvgIpc) is 2.87. The van der Waals surface area contributed by atoms with Crippen LogP contribution in [0.25, 0.3) is 0 Å². The van der Waals surface area contributed by atoms with E-state index >= 15 is 0 Å². The molecule has 2 fully saturated rings. The van der Waals surface area contributed by atoms with Gasteiger partial charge in [-0.15, -0.1) is 0 Å². The molecule has 3 rings (SSSR count). The minimum Gasteiger partial charge on any atom is -0.481 e. The predicted octanol–water partition coefficient (Wildman–Crippen LogP) is 0.537. The molecule has 6 heteroatoms. The van der Waals surface area contributed by atoms with E-state index in [0.717, 1.165) is 13.0 Å². The van der Waals surface area contributed by atoms with Crippen LogP contribution in [0.15, 0.2) is 18.3 Å².